The number of nitrogens with zero attached hydrogens (tertiary/aromatic N) is 2. The fourth-order valence-corrected chi connectivity index (χ4v) is 3.57. The molecule has 0 aliphatic carbocycles. The number of hydrogen-bond donors (Lipinski definition) is 2. The van der Waals surface area contributed by atoms with Crippen LogP contribution in [-0.4, -0.2) is 47.2 Å². The van der Waals surface area contributed by atoms with E-state index in [9.17, 15) is 4.79 Å². The first-order valence-corrected chi connectivity index (χ1v) is 8.54. The molecule has 1 saturated heterocycles. The minimum atomic E-state index is -0.204. The molecule has 1 unspecified atom stereocenters. The Balaban J connectivity index is 1.55. The maximum absolute atomic E-state index is 12.9. The number of halogens is 1. The van der Waals surface area contributed by atoms with Crippen LogP contribution in [0.3, 0.4) is 0 Å². The number of fused-ring (bicyclic) bond motifs is 1. The van der Waals surface area contributed by atoms with Crippen molar-refractivity contribution < 1.29 is 9.53 Å². The largest absolute Gasteiger partial charge is 0.370 e. The fraction of sp³-hybridized carbons (Fsp3) is 0.412. The van der Waals surface area contributed by atoms with Crippen LogP contribution in [0.25, 0.3) is 0 Å². The van der Waals surface area contributed by atoms with E-state index in [0.717, 1.165) is 29.8 Å². The Morgan fingerprint density at radius 2 is 2.25 bits per heavy atom. The average molecular weight is 347 g/mol. The molecule has 6 nitrogen and oxygen atoms in total. The summed E-state index contributed by atoms with van der Waals surface area (Å²) in [6, 6.07) is 7.61. The highest BCUT2D eigenvalue weighted by Crippen LogP contribution is 2.29. The van der Waals surface area contributed by atoms with Crippen molar-refractivity contribution in [2.45, 2.75) is 19.1 Å². The summed E-state index contributed by atoms with van der Waals surface area (Å²) in [6.45, 7) is 3.14. The molecule has 1 aromatic heterocycles. The standard InChI is InChI=1S/C17H19ClN4O2/c18-13-4-2-1-3-11(13)15-10-22(7-8-24-15)17(23)16-12-9-19-6-5-14(12)20-21-16/h1-4,15,19H,5-10H2,(H,20,21). The average Bonchev–Trinajstić information content (AvgIpc) is 3.06. The van der Waals surface area contributed by atoms with E-state index in [0.29, 0.717) is 37.0 Å². The van der Waals surface area contributed by atoms with Gasteiger partial charge in [0.25, 0.3) is 5.91 Å². The molecule has 1 aromatic carbocycles. The summed E-state index contributed by atoms with van der Waals surface area (Å²) >= 11 is 6.27. The van der Waals surface area contributed by atoms with Crippen molar-refractivity contribution in [1.29, 1.82) is 0 Å². The summed E-state index contributed by atoms with van der Waals surface area (Å²) in [5.74, 6) is -0.0449. The maximum atomic E-state index is 12.9. The van der Waals surface area contributed by atoms with Gasteiger partial charge in [0, 0.05) is 47.9 Å². The zero-order valence-corrected chi connectivity index (χ0v) is 14.0. The van der Waals surface area contributed by atoms with Gasteiger partial charge >= 0.3 is 0 Å². The van der Waals surface area contributed by atoms with Gasteiger partial charge in [0.15, 0.2) is 5.69 Å². The minimum Gasteiger partial charge on any atom is -0.370 e. The number of nitrogens with one attached hydrogen (secondary N) is 2. The van der Waals surface area contributed by atoms with Crippen LogP contribution in [0, 0.1) is 0 Å². The molecule has 4 rings (SSSR count). The summed E-state index contributed by atoms with van der Waals surface area (Å²) in [5.41, 5.74) is 3.50. The molecular formula is C17H19ClN4O2. The van der Waals surface area contributed by atoms with Crippen LogP contribution in [0.4, 0.5) is 0 Å². The van der Waals surface area contributed by atoms with Gasteiger partial charge in [-0.3, -0.25) is 9.89 Å². The van der Waals surface area contributed by atoms with E-state index in [1.807, 2.05) is 29.2 Å². The quantitative estimate of drug-likeness (QED) is 0.871. The minimum absolute atomic E-state index is 0.0449. The fourth-order valence-electron chi connectivity index (χ4n) is 3.31. The number of amides is 1. The number of morpholine rings is 1. The number of carbonyl (C=O) groups is 1. The molecule has 0 radical (unpaired) electrons. The van der Waals surface area contributed by atoms with Crippen LogP contribution in [-0.2, 0) is 17.7 Å². The van der Waals surface area contributed by atoms with Crippen molar-refractivity contribution in [3.8, 4) is 0 Å². The number of rotatable bonds is 2. The Morgan fingerprint density at radius 3 is 3.12 bits per heavy atom. The van der Waals surface area contributed by atoms with Crippen molar-refractivity contribution in [3.05, 3.63) is 51.8 Å². The van der Waals surface area contributed by atoms with Crippen molar-refractivity contribution in [1.82, 2.24) is 20.4 Å². The number of ether oxygens (including phenoxy) is 1. The molecule has 2 aliphatic heterocycles. The molecule has 24 heavy (non-hydrogen) atoms. The van der Waals surface area contributed by atoms with Gasteiger partial charge in [0.05, 0.1) is 13.2 Å². The van der Waals surface area contributed by atoms with Crippen LogP contribution >= 0.6 is 11.6 Å². The number of H-pyrrole nitrogens is 1. The van der Waals surface area contributed by atoms with Crippen molar-refractivity contribution in [3.63, 3.8) is 0 Å². The molecule has 2 aliphatic rings. The van der Waals surface area contributed by atoms with Crippen LogP contribution in [0.2, 0.25) is 5.02 Å². The first-order valence-electron chi connectivity index (χ1n) is 8.16. The second kappa shape index (κ2) is 6.55. The summed E-state index contributed by atoms with van der Waals surface area (Å²) < 4.78 is 5.84. The van der Waals surface area contributed by atoms with Gasteiger partial charge in [0.2, 0.25) is 0 Å². The summed E-state index contributed by atoms with van der Waals surface area (Å²) in [5, 5.41) is 11.2. The van der Waals surface area contributed by atoms with Crippen LogP contribution in [0.15, 0.2) is 24.3 Å². The van der Waals surface area contributed by atoms with Crippen molar-refractivity contribution >= 4 is 17.5 Å². The van der Waals surface area contributed by atoms with Crippen molar-refractivity contribution in [2.75, 3.05) is 26.2 Å². The molecule has 3 heterocycles. The lowest BCUT2D eigenvalue weighted by atomic mass is 10.0. The van der Waals surface area contributed by atoms with Crippen LogP contribution in [0.5, 0.6) is 0 Å². The highest BCUT2D eigenvalue weighted by atomic mass is 35.5. The Hall–Kier alpha value is -1.89. The molecule has 0 bridgehead atoms. The zero-order chi connectivity index (χ0) is 16.5. The molecule has 1 fully saturated rings. The summed E-state index contributed by atoms with van der Waals surface area (Å²) in [7, 11) is 0. The van der Waals surface area contributed by atoms with Gasteiger partial charge in [-0.2, -0.15) is 5.10 Å². The third kappa shape index (κ3) is 2.81. The number of carbonyl (C=O) groups excluding carboxylic acids is 1. The topological polar surface area (TPSA) is 70.2 Å². The molecule has 0 saturated carbocycles. The molecule has 0 spiro atoms. The maximum Gasteiger partial charge on any atom is 0.274 e. The Kier molecular flexibility index (Phi) is 4.26. The molecule has 1 amide bonds. The lowest BCUT2D eigenvalue weighted by molar-refractivity contribution is -0.0230. The van der Waals surface area contributed by atoms with Crippen LogP contribution in [0.1, 0.15) is 33.4 Å². The summed E-state index contributed by atoms with van der Waals surface area (Å²) in [4.78, 5) is 14.7. The molecule has 2 N–H and O–H groups in total. The van der Waals surface area contributed by atoms with Gasteiger partial charge in [0.1, 0.15) is 6.10 Å². The van der Waals surface area contributed by atoms with Crippen molar-refractivity contribution in [2.24, 2.45) is 0 Å². The second-order valence-electron chi connectivity index (χ2n) is 6.09. The monoisotopic (exact) mass is 346 g/mol. The first-order chi connectivity index (χ1) is 11.7. The molecular weight excluding hydrogens is 328 g/mol. The van der Waals surface area contributed by atoms with Gasteiger partial charge in [-0.05, 0) is 6.07 Å². The predicted octanol–water partition coefficient (Wildman–Crippen LogP) is 1.92. The van der Waals surface area contributed by atoms with E-state index in [1.54, 1.807) is 0 Å². The van der Waals surface area contributed by atoms with Gasteiger partial charge < -0.3 is 15.0 Å². The van der Waals surface area contributed by atoms with E-state index in [-0.39, 0.29) is 12.0 Å². The van der Waals surface area contributed by atoms with E-state index in [4.69, 9.17) is 16.3 Å². The second-order valence-corrected chi connectivity index (χ2v) is 6.50. The SMILES string of the molecule is O=C(c1n[nH]c2c1CNCC2)N1CCOC(c2ccccc2Cl)C1. The summed E-state index contributed by atoms with van der Waals surface area (Å²) in [6.07, 6.45) is 0.672. The molecule has 2 aromatic rings. The molecule has 7 heteroatoms. The van der Waals surface area contributed by atoms with E-state index in [2.05, 4.69) is 15.5 Å². The van der Waals surface area contributed by atoms with E-state index < -0.39 is 0 Å². The lowest BCUT2D eigenvalue weighted by Gasteiger charge is -2.33. The third-order valence-electron chi connectivity index (χ3n) is 4.61. The number of aromatic amines is 1. The van der Waals surface area contributed by atoms with E-state index >= 15 is 0 Å². The smallest absolute Gasteiger partial charge is 0.274 e. The zero-order valence-electron chi connectivity index (χ0n) is 13.2. The number of hydrogen-bond acceptors (Lipinski definition) is 4. The number of aromatic nitrogens is 2. The predicted molar refractivity (Wildman–Crippen MR) is 90.0 cm³/mol. The molecule has 1 atom stereocenters. The highest BCUT2D eigenvalue weighted by molar-refractivity contribution is 6.31. The lowest BCUT2D eigenvalue weighted by Crippen LogP contribution is -2.43. The first kappa shape index (κ1) is 15.6. The van der Waals surface area contributed by atoms with Gasteiger partial charge in [-0.25, -0.2) is 0 Å². The third-order valence-corrected chi connectivity index (χ3v) is 4.96. The van der Waals surface area contributed by atoms with Gasteiger partial charge in [-0.15, -0.1) is 0 Å². The normalized spacial score (nSPS) is 20.7. The Labute approximate surface area is 145 Å². The Morgan fingerprint density at radius 1 is 1.38 bits per heavy atom. The van der Waals surface area contributed by atoms with E-state index in [1.165, 1.54) is 0 Å². The van der Waals surface area contributed by atoms with Gasteiger partial charge in [-0.1, -0.05) is 29.8 Å². The molecule has 126 valence electrons. The van der Waals surface area contributed by atoms with Crippen LogP contribution < -0.4 is 5.32 Å². The highest BCUT2D eigenvalue weighted by Gasteiger charge is 2.30. The number of benzene rings is 1. The Bertz CT molecular complexity index is 761.